The predicted octanol–water partition coefficient (Wildman–Crippen LogP) is 3.99. The lowest BCUT2D eigenvalue weighted by Gasteiger charge is -2.21. The smallest absolute Gasteiger partial charge is 0.242 e. The Morgan fingerprint density at radius 1 is 1.09 bits per heavy atom. The average Bonchev–Trinajstić information content (AvgIpc) is 2.78. The third-order valence-electron chi connectivity index (χ3n) is 4.29. The molecule has 6 heteroatoms. The first-order chi connectivity index (χ1) is 11.0. The molecule has 0 radical (unpaired) electrons. The van der Waals surface area contributed by atoms with Crippen LogP contribution in [0.1, 0.15) is 36.3 Å². The van der Waals surface area contributed by atoms with Crippen LogP contribution in [0.3, 0.4) is 0 Å². The van der Waals surface area contributed by atoms with Crippen LogP contribution in [0.15, 0.2) is 28.5 Å². The van der Waals surface area contributed by atoms with Gasteiger partial charge in [-0.1, -0.05) is 25.0 Å². The minimum atomic E-state index is -3.43. The van der Waals surface area contributed by atoms with Crippen molar-refractivity contribution >= 4 is 21.4 Å². The van der Waals surface area contributed by atoms with Crippen molar-refractivity contribution in [1.29, 1.82) is 0 Å². The molecule has 4 nitrogen and oxygen atoms in total. The van der Waals surface area contributed by atoms with Gasteiger partial charge in [0.05, 0.1) is 15.6 Å². The van der Waals surface area contributed by atoms with Crippen molar-refractivity contribution in [3.63, 3.8) is 0 Å². The lowest BCUT2D eigenvalue weighted by Crippen LogP contribution is -2.32. The van der Waals surface area contributed by atoms with Gasteiger partial charge in [0.2, 0.25) is 10.0 Å². The molecule has 1 aliphatic heterocycles. The lowest BCUT2D eigenvalue weighted by molar-refractivity contribution is 0.423. The molecule has 124 valence electrons. The Labute approximate surface area is 142 Å². The molecule has 0 atom stereocenters. The predicted molar refractivity (Wildman–Crippen MR) is 94.3 cm³/mol. The number of hydrogen-bond acceptors (Lipinski definition) is 4. The quantitative estimate of drug-likeness (QED) is 0.841. The highest BCUT2D eigenvalue weighted by Crippen LogP contribution is 2.29. The van der Waals surface area contributed by atoms with Crippen LogP contribution in [0.25, 0.3) is 11.3 Å². The van der Waals surface area contributed by atoms with E-state index in [9.17, 15) is 8.42 Å². The van der Waals surface area contributed by atoms with Crippen molar-refractivity contribution < 1.29 is 8.42 Å². The third kappa shape index (κ3) is 3.49. The molecule has 3 rings (SSSR count). The molecular formula is C17H22N2O2S2. The molecule has 2 aromatic rings. The minimum absolute atomic E-state index is 0.419. The maximum absolute atomic E-state index is 13.1. The molecule has 1 aliphatic rings. The first-order valence-electron chi connectivity index (χ1n) is 8.02. The van der Waals surface area contributed by atoms with Gasteiger partial charge >= 0.3 is 0 Å². The van der Waals surface area contributed by atoms with E-state index in [1.54, 1.807) is 21.7 Å². The second-order valence-corrected chi connectivity index (χ2v) is 9.02. The van der Waals surface area contributed by atoms with Crippen molar-refractivity contribution in [2.45, 2.75) is 44.4 Å². The molecule has 0 saturated carbocycles. The van der Waals surface area contributed by atoms with Crippen molar-refractivity contribution in [2.75, 3.05) is 13.1 Å². The minimum Gasteiger partial charge on any atom is -0.242 e. The van der Waals surface area contributed by atoms with Crippen molar-refractivity contribution in [3.8, 4) is 11.3 Å². The van der Waals surface area contributed by atoms with Gasteiger partial charge in [0.1, 0.15) is 0 Å². The number of benzene rings is 1. The van der Waals surface area contributed by atoms with Crippen LogP contribution in [0, 0.1) is 13.8 Å². The van der Waals surface area contributed by atoms with E-state index < -0.39 is 10.0 Å². The van der Waals surface area contributed by atoms with Gasteiger partial charge in [0.15, 0.2) is 0 Å². The number of nitrogens with zero attached hydrogens (tertiary/aromatic N) is 2. The van der Waals surface area contributed by atoms with Crippen LogP contribution in [-0.4, -0.2) is 30.8 Å². The highest BCUT2D eigenvalue weighted by Gasteiger charge is 2.27. The van der Waals surface area contributed by atoms with Gasteiger partial charge in [-0.3, -0.25) is 0 Å². The number of aromatic nitrogens is 1. The first kappa shape index (κ1) is 16.6. The molecule has 0 aliphatic carbocycles. The normalized spacial score (nSPS) is 17.1. The molecule has 1 saturated heterocycles. The van der Waals surface area contributed by atoms with Gasteiger partial charge in [-0.15, -0.1) is 11.3 Å². The second-order valence-electron chi connectivity index (χ2n) is 6.05. The van der Waals surface area contributed by atoms with E-state index in [-0.39, 0.29) is 0 Å². The molecule has 0 N–H and O–H groups in total. The highest BCUT2D eigenvalue weighted by atomic mass is 32.2. The van der Waals surface area contributed by atoms with Crippen molar-refractivity contribution in [3.05, 3.63) is 34.2 Å². The summed E-state index contributed by atoms with van der Waals surface area (Å²) in [6.07, 6.45) is 4.12. The molecule has 0 bridgehead atoms. The third-order valence-corrected chi connectivity index (χ3v) is 7.10. The number of thiazole rings is 1. The summed E-state index contributed by atoms with van der Waals surface area (Å²) in [6, 6.07) is 5.62. The summed E-state index contributed by atoms with van der Waals surface area (Å²) in [6.45, 7) is 5.07. The Kier molecular flexibility index (Phi) is 4.85. The second kappa shape index (κ2) is 6.71. The Bertz CT molecular complexity index is 789. The fraction of sp³-hybridized carbons (Fsp3) is 0.471. The highest BCUT2D eigenvalue weighted by molar-refractivity contribution is 7.89. The maximum Gasteiger partial charge on any atom is 0.243 e. The molecule has 1 aromatic carbocycles. The van der Waals surface area contributed by atoms with Crippen LogP contribution < -0.4 is 0 Å². The van der Waals surface area contributed by atoms with Crippen LogP contribution >= 0.6 is 11.3 Å². The van der Waals surface area contributed by atoms with E-state index in [1.807, 2.05) is 31.4 Å². The number of aryl methyl sites for hydroxylation is 2. The molecule has 0 spiro atoms. The number of rotatable bonds is 3. The Balaban J connectivity index is 2.00. The van der Waals surface area contributed by atoms with E-state index >= 15 is 0 Å². The summed E-state index contributed by atoms with van der Waals surface area (Å²) in [5.74, 6) is 0. The SMILES string of the molecule is Cc1nc(-c2ccc(C)c(S(=O)(=O)N3CCCCCC3)c2)cs1. The Morgan fingerprint density at radius 3 is 2.39 bits per heavy atom. The lowest BCUT2D eigenvalue weighted by atomic mass is 10.1. The van der Waals surface area contributed by atoms with E-state index in [0.717, 1.165) is 47.5 Å². The van der Waals surface area contributed by atoms with Crippen LogP contribution in [-0.2, 0) is 10.0 Å². The molecular weight excluding hydrogens is 328 g/mol. The molecule has 2 heterocycles. The monoisotopic (exact) mass is 350 g/mol. The Hall–Kier alpha value is -1.24. The number of sulfonamides is 1. The van der Waals surface area contributed by atoms with E-state index in [4.69, 9.17) is 0 Å². The fourth-order valence-electron chi connectivity index (χ4n) is 2.95. The van der Waals surface area contributed by atoms with Gasteiger partial charge in [-0.25, -0.2) is 13.4 Å². The zero-order chi connectivity index (χ0) is 16.4. The molecule has 0 unspecified atom stereocenters. The van der Waals surface area contributed by atoms with Gasteiger partial charge in [-0.2, -0.15) is 4.31 Å². The van der Waals surface area contributed by atoms with Crippen molar-refractivity contribution in [2.24, 2.45) is 0 Å². The fourth-order valence-corrected chi connectivity index (χ4v) is 5.34. The molecule has 1 aromatic heterocycles. The standard InChI is InChI=1S/C17H22N2O2S2/c1-13-7-8-15(16-12-22-14(2)18-16)11-17(13)23(20,21)19-9-5-3-4-6-10-19/h7-8,11-12H,3-6,9-10H2,1-2H3. The van der Waals surface area contributed by atoms with Gasteiger partial charge in [-0.05, 0) is 38.3 Å². The van der Waals surface area contributed by atoms with Crippen LogP contribution in [0.2, 0.25) is 0 Å². The molecule has 23 heavy (non-hydrogen) atoms. The van der Waals surface area contributed by atoms with Crippen molar-refractivity contribution in [1.82, 2.24) is 9.29 Å². The first-order valence-corrected chi connectivity index (χ1v) is 10.3. The molecule has 0 amide bonds. The maximum atomic E-state index is 13.1. The van der Waals surface area contributed by atoms with Crippen LogP contribution in [0.5, 0.6) is 0 Å². The van der Waals surface area contributed by atoms with E-state index in [2.05, 4.69) is 4.98 Å². The zero-order valence-electron chi connectivity index (χ0n) is 13.6. The summed E-state index contributed by atoms with van der Waals surface area (Å²) in [7, 11) is -3.43. The van der Waals surface area contributed by atoms with Gasteiger partial charge in [0.25, 0.3) is 0 Å². The van der Waals surface area contributed by atoms with Crippen LogP contribution in [0.4, 0.5) is 0 Å². The summed E-state index contributed by atoms with van der Waals surface area (Å²) in [5.41, 5.74) is 2.51. The van der Waals surface area contributed by atoms with E-state index in [1.165, 1.54) is 0 Å². The van der Waals surface area contributed by atoms with Gasteiger partial charge in [0, 0.05) is 24.0 Å². The van der Waals surface area contributed by atoms with E-state index in [0.29, 0.717) is 18.0 Å². The van der Waals surface area contributed by atoms with Gasteiger partial charge < -0.3 is 0 Å². The largest absolute Gasteiger partial charge is 0.243 e. The summed E-state index contributed by atoms with van der Waals surface area (Å²) in [5, 5.41) is 2.96. The summed E-state index contributed by atoms with van der Waals surface area (Å²) in [4.78, 5) is 4.89. The Morgan fingerprint density at radius 2 is 1.78 bits per heavy atom. The zero-order valence-corrected chi connectivity index (χ0v) is 15.2. The topological polar surface area (TPSA) is 50.3 Å². The average molecular weight is 351 g/mol. The number of hydrogen-bond donors (Lipinski definition) is 0. The molecule has 1 fully saturated rings. The summed E-state index contributed by atoms with van der Waals surface area (Å²) < 4.78 is 27.8. The summed E-state index contributed by atoms with van der Waals surface area (Å²) >= 11 is 1.58.